The second-order valence-electron chi connectivity index (χ2n) is 19.5. The van der Waals surface area contributed by atoms with Gasteiger partial charge >= 0.3 is 17.9 Å². The molecule has 0 aromatic heterocycles. The van der Waals surface area contributed by atoms with Crippen molar-refractivity contribution in [3.8, 4) is 0 Å². The maximum absolute atomic E-state index is 12.8. The Morgan fingerprint density at radius 2 is 0.565 bits per heavy atom. The van der Waals surface area contributed by atoms with Gasteiger partial charge in [0.2, 0.25) is 0 Å². The van der Waals surface area contributed by atoms with Gasteiger partial charge in [-0.05, 0) is 25.2 Å². The third-order valence-corrected chi connectivity index (χ3v) is 13.2. The topological polar surface area (TPSA) is 78.9 Å². The first-order chi connectivity index (χ1) is 30.4. The Hall–Kier alpha value is -1.59. The first-order valence-electron chi connectivity index (χ1n) is 27.9. The van der Waals surface area contributed by atoms with Crippen molar-refractivity contribution in [1.82, 2.24) is 0 Å². The summed E-state index contributed by atoms with van der Waals surface area (Å²) in [6.45, 7) is 9.08. The van der Waals surface area contributed by atoms with Crippen LogP contribution in [-0.4, -0.2) is 37.2 Å². The molecule has 0 spiro atoms. The van der Waals surface area contributed by atoms with Gasteiger partial charge in [0.25, 0.3) is 0 Å². The minimum Gasteiger partial charge on any atom is -0.462 e. The number of carbonyl (C=O) groups excluding carboxylic acids is 3. The standard InChI is InChI=1S/C56H108O6/c1-5-8-10-12-14-16-18-28-32-35-39-43-47-54(57)60-50-53(62-56(59)49-45-41-37-31-17-15-13-11-9-6-2)51-61-55(58)48-44-40-36-33-29-26-24-22-20-19-21-23-25-27-30-34-38-42-46-52(4)7-3/h52-53H,5-51H2,1-4H3/t52?,53-/m1/s1. The van der Waals surface area contributed by atoms with Crippen molar-refractivity contribution in [2.45, 2.75) is 323 Å². The van der Waals surface area contributed by atoms with E-state index in [9.17, 15) is 14.4 Å². The lowest BCUT2D eigenvalue weighted by molar-refractivity contribution is -0.167. The predicted molar refractivity (Wildman–Crippen MR) is 266 cm³/mol. The zero-order chi connectivity index (χ0) is 45.2. The van der Waals surface area contributed by atoms with Crippen molar-refractivity contribution in [1.29, 1.82) is 0 Å². The lowest BCUT2D eigenvalue weighted by Gasteiger charge is -2.18. The second-order valence-corrected chi connectivity index (χ2v) is 19.5. The van der Waals surface area contributed by atoms with E-state index in [2.05, 4.69) is 27.7 Å². The van der Waals surface area contributed by atoms with Gasteiger partial charge in [0, 0.05) is 19.3 Å². The largest absolute Gasteiger partial charge is 0.462 e. The molecular weight excluding hydrogens is 769 g/mol. The zero-order valence-electron chi connectivity index (χ0n) is 42.3. The highest BCUT2D eigenvalue weighted by Crippen LogP contribution is 2.18. The summed E-state index contributed by atoms with van der Waals surface area (Å²) in [5.41, 5.74) is 0. The third-order valence-electron chi connectivity index (χ3n) is 13.2. The third kappa shape index (κ3) is 47.9. The molecule has 6 heteroatoms. The molecule has 0 N–H and O–H groups in total. The van der Waals surface area contributed by atoms with Gasteiger partial charge in [-0.1, -0.05) is 278 Å². The molecule has 62 heavy (non-hydrogen) atoms. The van der Waals surface area contributed by atoms with Crippen LogP contribution in [0.3, 0.4) is 0 Å². The number of hydrogen-bond donors (Lipinski definition) is 0. The normalized spacial score (nSPS) is 12.4. The number of hydrogen-bond acceptors (Lipinski definition) is 6. The minimum atomic E-state index is -0.760. The highest BCUT2D eigenvalue weighted by Gasteiger charge is 2.19. The molecule has 0 amide bonds. The minimum absolute atomic E-state index is 0.0623. The monoisotopic (exact) mass is 877 g/mol. The molecular formula is C56H108O6. The Bertz CT molecular complexity index is 935. The average Bonchev–Trinajstić information content (AvgIpc) is 3.27. The molecule has 368 valence electrons. The van der Waals surface area contributed by atoms with Crippen LogP contribution in [0.1, 0.15) is 317 Å². The fraction of sp³-hybridized carbons (Fsp3) is 0.946. The van der Waals surface area contributed by atoms with Crippen LogP contribution >= 0.6 is 0 Å². The fourth-order valence-corrected chi connectivity index (χ4v) is 8.54. The number of carbonyl (C=O) groups is 3. The van der Waals surface area contributed by atoms with Gasteiger partial charge in [0.05, 0.1) is 0 Å². The molecule has 0 saturated carbocycles. The zero-order valence-corrected chi connectivity index (χ0v) is 42.3. The van der Waals surface area contributed by atoms with E-state index in [0.717, 1.165) is 63.7 Å². The van der Waals surface area contributed by atoms with Gasteiger partial charge in [0.15, 0.2) is 6.10 Å². The summed E-state index contributed by atoms with van der Waals surface area (Å²) < 4.78 is 16.8. The second kappa shape index (κ2) is 50.4. The van der Waals surface area contributed by atoms with Crippen molar-refractivity contribution in [3.05, 3.63) is 0 Å². The molecule has 2 atom stereocenters. The summed E-state index contributed by atoms with van der Waals surface area (Å²) in [7, 11) is 0. The SMILES string of the molecule is CCCCCCCCCCCCCCC(=O)OC[C@H](COC(=O)CCCCCCCCCCCCCCCCCCCCC(C)CC)OC(=O)CCCCCCCCCCCC. The molecule has 0 aliphatic heterocycles. The average molecular weight is 877 g/mol. The van der Waals surface area contributed by atoms with Crippen LogP contribution in [0.25, 0.3) is 0 Å². The van der Waals surface area contributed by atoms with Crippen LogP contribution in [0.15, 0.2) is 0 Å². The highest BCUT2D eigenvalue weighted by atomic mass is 16.6. The maximum Gasteiger partial charge on any atom is 0.306 e. The quantitative estimate of drug-likeness (QED) is 0.0344. The molecule has 0 radical (unpaired) electrons. The molecule has 0 rings (SSSR count). The summed E-state index contributed by atoms with van der Waals surface area (Å²) >= 11 is 0. The Balaban J connectivity index is 4.16. The number of unbranched alkanes of at least 4 members (excludes halogenated alkanes) is 37. The van der Waals surface area contributed by atoms with Crippen LogP contribution < -0.4 is 0 Å². The van der Waals surface area contributed by atoms with Crippen molar-refractivity contribution in [2.24, 2.45) is 5.92 Å². The predicted octanol–water partition coefficient (Wildman–Crippen LogP) is 18.2. The lowest BCUT2D eigenvalue weighted by atomic mass is 9.99. The Morgan fingerprint density at radius 1 is 0.323 bits per heavy atom. The molecule has 6 nitrogen and oxygen atoms in total. The van der Waals surface area contributed by atoms with Crippen LogP contribution in [0.2, 0.25) is 0 Å². The van der Waals surface area contributed by atoms with Gasteiger partial charge < -0.3 is 14.2 Å². The van der Waals surface area contributed by atoms with Crippen molar-refractivity contribution < 1.29 is 28.6 Å². The van der Waals surface area contributed by atoms with Gasteiger partial charge in [-0.15, -0.1) is 0 Å². The Labute approximate surface area is 387 Å². The van der Waals surface area contributed by atoms with E-state index >= 15 is 0 Å². The van der Waals surface area contributed by atoms with Crippen molar-refractivity contribution in [3.63, 3.8) is 0 Å². The summed E-state index contributed by atoms with van der Waals surface area (Å²) in [5.74, 6) is 0.0684. The van der Waals surface area contributed by atoms with E-state index in [1.807, 2.05) is 0 Å². The van der Waals surface area contributed by atoms with Crippen LogP contribution in [0, 0.1) is 5.92 Å². The molecule has 0 saturated heterocycles. The Kier molecular flexibility index (Phi) is 49.1. The van der Waals surface area contributed by atoms with Crippen LogP contribution in [0.5, 0.6) is 0 Å². The first-order valence-corrected chi connectivity index (χ1v) is 27.9. The molecule has 0 bridgehead atoms. The van der Waals surface area contributed by atoms with E-state index in [-0.39, 0.29) is 31.1 Å². The van der Waals surface area contributed by atoms with E-state index in [1.165, 1.54) is 212 Å². The number of ether oxygens (including phenoxy) is 3. The first kappa shape index (κ1) is 60.4. The number of esters is 3. The summed E-state index contributed by atoms with van der Waals surface area (Å²) in [6.07, 6.45) is 53.8. The fourth-order valence-electron chi connectivity index (χ4n) is 8.54. The molecule has 0 aliphatic carbocycles. The van der Waals surface area contributed by atoms with Crippen LogP contribution in [-0.2, 0) is 28.6 Å². The van der Waals surface area contributed by atoms with Crippen molar-refractivity contribution >= 4 is 17.9 Å². The lowest BCUT2D eigenvalue weighted by Crippen LogP contribution is -2.30. The highest BCUT2D eigenvalue weighted by molar-refractivity contribution is 5.71. The molecule has 0 fully saturated rings. The van der Waals surface area contributed by atoms with E-state index in [4.69, 9.17) is 14.2 Å². The smallest absolute Gasteiger partial charge is 0.306 e. The summed E-state index contributed by atoms with van der Waals surface area (Å²) in [4.78, 5) is 37.9. The molecule has 0 aliphatic rings. The van der Waals surface area contributed by atoms with Gasteiger partial charge in [0.1, 0.15) is 13.2 Å². The number of rotatable bonds is 51. The Morgan fingerprint density at radius 3 is 0.839 bits per heavy atom. The molecule has 0 aromatic rings. The maximum atomic E-state index is 12.8. The van der Waals surface area contributed by atoms with E-state index in [0.29, 0.717) is 19.3 Å². The molecule has 0 aromatic carbocycles. The van der Waals surface area contributed by atoms with Crippen LogP contribution in [0.4, 0.5) is 0 Å². The molecule has 1 unspecified atom stereocenters. The van der Waals surface area contributed by atoms with Crippen molar-refractivity contribution in [2.75, 3.05) is 13.2 Å². The van der Waals surface area contributed by atoms with Gasteiger partial charge in [-0.2, -0.15) is 0 Å². The van der Waals surface area contributed by atoms with E-state index < -0.39 is 6.10 Å². The van der Waals surface area contributed by atoms with E-state index in [1.54, 1.807) is 0 Å². The summed E-state index contributed by atoms with van der Waals surface area (Å²) in [5, 5.41) is 0. The van der Waals surface area contributed by atoms with Gasteiger partial charge in [-0.25, -0.2) is 0 Å². The summed E-state index contributed by atoms with van der Waals surface area (Å²) in [6, 6.07) is 0. The van der Waals surface area contributed by atoms with Gasteiger partial charge in [-0.3, -0.25) is 14.4 Å². The molecule has 0 heterocycles.